The summed E-state index contributed by atoms with van der Waals surface area (Å²) in [5, 5.41) is 6.36. The number of guanidine groups is 1. The lowest BCUT2D eigenvalue weighted by Gasteiger charge is -2.62. The van der Waals surface area contributed by atoms with E-state index in [9.17, 15) is 4.79 Å². The molecular formula is C23H37IN4O2. The predicted octanol–water partition coefficient (Wildman–Crippen LogP) is 3.59. The van der Waals surface area contributed by atoms with Gasteiger partial charge in [0.1, 0.15) is 5.75 Å². The molecule has 168 valence electrons. The third-order valence-electron chi connectivity index (χ3n) is 6.37. The van der Waals surface area contributed by atoms with Gasteiger partial charge < -0.3 is 20.3 Å². The molecule has 0 unspecified atom stereocenters. The van der Waals surface area contributed by atoms with Gasteiger partial charge in [-0.3, -0.25) is 9.79 Å². The van der Waals surface area contributed by atoms with Crippen LogP contribution >= 0.6 is 24.0 Å². The summed E-state index contributed by atoms with van der Waals surface area (Å²) in [5.74, 6) is 1.68. The van der Waals surface area contributed by atoms with Crippen molar-refractivity contribution in [3.05, 3.63) is 29.8 Å². The number of carbonyl (C=O) groups is 1. The Morgan fingerprint density at radius 1 is 1.20 bits per heavy atom. The van der Waals surface area contributed by atoms with Gasteiger partial charge in [0.15, 0.2) is 12.6 Å². The van der Waals surface area contributed by atoms with Gasteiger partial charge in [-0.05, 0) is 57.7 Å². The van der Waals surface area contributed by atoms with Crippen molar-refractivity contribution < 1.29 is 9.53 Å². The Bertz CT molecular complexity index is 742. The van der Waals surface area contributed by atoms with Crippen LogP contribution in [0, 0.1) is 5.41 Å². The first-order valence-electron chi connectivity index (χ1n) is 10.8. The van der Waals surface area contributed by atoms with Crippen molar-refractivity contribution in [2.45, 2.75) is 65.5 Å². The number of likely N-dealkylation sites (tertiary alicyclic amines) is 1. The lowest BCUT2D eigenvalue weighted by Crippen LogP contribution is -2.72. The quantitative estimate of drug-likeness (QED) is 0.308. The molecule has 6 nitrogen and oxygen atoms in total. The van der Waals surface area contributed by atoms with Crippen molar-refractivity contribution >= 4 is 35.8 Å². The van der Waals surface area contributed by atoms with Crippen LogP contribution in [0.4, 0.5) is 0 Å². The van der Waals surface area contributed by atoms with Gasteiger partial charge >= 0.3 is 0 Å². The second-order valence-electron chi connectivity index (χ2n) is 9.29. The maximum atomic E-state index is 11.7. The van der Waals surface area contributed by atoms with E-state index in [1.165, 1.54) is 5.56 Å². The second-order valence-corrected chi connectivity index (χ2v) is 9.29. The number of hydrogen-bond acceptors (Lipinski definition) is 3. The average Bonchev–Trinajstić information content (AvgIpc) is 3.49. The summed E-state index contributed by atoms with van der Waals surface area (Å²) < 4.78 is 5.57. The summed E-state index contributed by atoms with van der Waals surface area (Å²) >= 11 is 0. The van der Waals surface area contributed by atoms with Crippen molar-refractivity contribution in [2.24, 2.45) is 10.4 Å². The maximum absolute atomic E-state index is 11.7. The van der Waals surface area contributed by atoms with Gasteiger partial charge in [0.2, 0.25) is 0 Å². The third-order valence-corrected chi connectivity index (χ3v) is 6.37. The molecular weight excluding hydrogens is 491 g/mol. The number of carbonyl (C=O) groups excluding carboxylic acids is 1. The summed E-state index contributed by atoms with van der Waals surface area (Å²) in [6, 6.07) is 8.32. The number of hydrogen-bond donors (Lipinski definition) is 2. The summed E-state index contributed by atoms with van der Waals surface area (Å²) in [4.78, 5) is 18.9. The zero-order chi connectivity index (χ0) is 21.1. The highest BCUT2D eigenvalue weighted by atomic mass is 127. The van der Waals surface area contributed by atoms with Crippen LogP contribution in [0.2, 0.25) is 0 Å². The Kier molecular flexibility index (Phi) is 8.42. The standard InChI is InChI=1S/C23H36N4O2.HI/c1-6-24-21(27-16-22(2,3)23(27,4)5)25-14-13-17-7-11-19(12-8-17)29-15-20(28)26-18-9-10-18;/h7-8,11-12,18H,6,9-10,13-16H2,1-5H3,(H,24,25)(H,26,28);1H. The van der Waals surface area contributed by atoms with E-state index in [-0.39, 0.29) is 47.4 Å². The molecule has 0 aromatic heterocycles. The zero-order valence-corrected chi connectivity index (χ0v) is 21.3. The molecule has 1 amide bonds. The van der Waals surface area contributed by atoms with Crippen molar-refractivity contribution in [1.82, 2.24) is 15.5 Å². The van der Waals surface area contributed by atoms with Crippen LogP contribution in [0.1, 0.15) is 53.0 Å². The van der Waals surface area contributed by atoms with Crippen LogP contribution in [0.15, 0.2) is 29.3 Å². The van der Waals surface area contributed by atoms with Crippen LogP contribution in [0.25, 0.3) is 0 Å². The van der Waals surface area contributed by atoms with E-state index in [2.05, 4.69) is 50.2 Å². The highest BCUT2D eigenvalue weighted by Crippen LogP contribution is 2.46. The van der Waals surface area contributed by atoms with Gasteiger partial charge in [-0.1, -0.05) is 26.0 Å². The molecule has 1 heterocycles. The van der Waals surface area contributed by atoms with E-state index < -0.39 is 0 Å². The molecule has 2 N–H and O–H groups in total. The lowest BCUT2D eigenvalue weighted by atomic mass is 9.65. The van der Waals surface area contributed by atoms with E-state index in [1.807, 2.05) is 24.3 Å². The maximum Gasteiger partial charge on any atom is 0.258 e. The molecule has 7 heteroatoms. The van der Waals surface area contributed by atoms with E-state index >= 15 is 0 Å². The molecule has 0 bridgehead atoms. The number of ether oxygens (including phenoxy) is 1. The summed E-state index contributed by atoms with van der Waals surface area (Å²) in [5.41, 5.74) is 1.59. The molecule has 1 aromatic carbocycles. The highest BCUT2D eigenvalue weighted by molar-refractivity contribution is 14.0. The number of aliphatic imine (C=N–C) groups is 1. The largest absolute Gasteiger partial charge is 0.484 e. The normalized spacial score (nSPS) is 19.4. The monoisotopic (exact) mass is 528 g/mol. The first kappa shape index (κ1) is 24.8. The first-order valence-corrected chi connectivity index (χ1v) is 10.8. The Morgan fingerprint density at radius 2 is 1.87 bits per heavy atom. The Morgan fingerprint density at radius 3 is 2.40 bits per heavy atom. The summed E-state index contributed by atoms with van der Waals surface area (Å²) in [6.45, 7) is 14.0. The van der Waals surface area contributed by atoms with Crippen LogP contribution in [0.3, 0.4) is 0 Å². The number of halogens is 1. The minimum absolute atomic E-state index is 0. The minimum atomic E-state index is -0.0426. The molecule has 3 rings (SSSR count). The van der Waals surface area contributed by atoms with Crippen LogP contribution in [0.5, 0.6) is 5.75 Å². The third kappa shape index (κ3) is 6.02. The fourth-order valence-corrected chi connectivity index (χ4v) is 3.48. The van der Waals surface area contributed by atoms with Crippen molar-refractivity contribution in [1.29, 1.82) is 0 Å². The summed E-state index contributed by atoms with van der Waals surface area (Å²) in [6.07, 6.45) is 3.05. The Balaban J connectivity index is 0.00000320. The molecule has 2 aliphatic rings. The van der Waals surface area contributed by atoms with E-state index in [0.717, 1.165) is 50.6 Å². The van der Waals surface area contributed by atoms with E-state index in [1.54, 1.807) is 0 Å². The van der Waals surface area contributed by atoms with Crippen molar-refractivity contribution in [2.75, 3.05) is 26.2 Å². The molecule has 1 saturated carbocycles. The smallest absolute Gasteiger partial charge is 0.258 e. The molecule has 1 saturated heterocycles. The molecule has 0 radical (unpaired) electrons. The number of nitrogens with one attached hydrogen (secondary N) is 2. The van der Waals surface area contributed by atoms with Gasteiger partial charge in [0.25, 0.3) is 5.91 Å². The highest BCUT2D eigenvalue weighted by Gasteiger charge is 2.53. The topological polar surface area (TPSA) is 66.0 Å². The lowest BCUT2D eigenvalue weighted by molar-refractivity contribution is -0.123. The van der Waals surface area contributed by atoms with E-state index in [4.69, 9.17) is 9.73 Å². The van der Waals surface area contributed by atoms with Gasteiger partial charge in [-0.2, -0.15) is 0 Å². The van der Waals surface area contributed by atoms with Gasteiger partial charge in [-0.15, -0.1) is 24.0 Å². The van der Waals surface area contributed by atoms with Gasteiger partial charge in [0.05, 0.1) is 0 Å². The predicted molar refractivity (Wildman–Crippen MR) is 133 cm³/mol. The number of benzene rings is 1. The summed E-state index contributed by atoms with van der Waals surface area (Å²) in [7, 11) is 0. The van der Waals surface area contributed by atoms with Crippen molar-refractivity contribution in [3.63, 3.8) is 0 Å². The Labute approximate surface area is 198 Å². The van der Waals surface area contributed by atoms with Gasteiger partial charge in [0, 0.05) is 36.6 Å². The minimum Gasteiger partial charge on any atom is -0.484 e. The fraction of sp³-hybridized carbons (Fsp3) is 0.652. The molecule has 1 aliphatic carbocycles. The fourth-order valence-electron chi connectivity index (χ4n) is 3.48. The number of rotatable bonds is 8. The number of nitrogens with zero attached hydrogens (tertiary/aromatic N) is 2. The molecule has 1 aromatic rings. The molecule has 0 atom stereocenters. The van der Waals surface area contributed by atoms with Crippen LogP contribution in [-0.4, -0.2) is 54.6 Å². The molecule has 2 fully saturated rings. The zero-order valence-electron chi connectivity index (χ0n) is 19.0. The molecule has 1 aliphatic heterocycles. The van der Waals surface area contributed by atoms with Crippen LogP contribution < -0.4 is 15.4 Å². The molecule has 0 spiro atoms. The molecule has 30 heavy (non-hydrogen) atoms. The van der Waals surface area contributed by atoms with Crippen LogP contribution in [-0.2, 0) is 11.2 Å². The first-order chi connectivity index (χ1) is 13.7. The average molecular weight is 528 g/mol. The van der Waals surface area contributed by atoms with E-state index in [0.29, 0.717) is 6.04 Å². The van der Waals surface area contributed by atoms with Gasteiger partial charge in [-0.25, -0.2) is 0 Å². The van der Waals surface area contributed by atoms with Crippen molar-refractivity contribution in [3.8, 4) is 5.75 Å². The number of amides is 1. The second kappa shape index (κ2) is 10.2. The SMILES string of the molecule is CCNC(=NCCc1ccc(OCC(=O)NC2CC2)cc1)N1CC(C)(C)C1(C)C.I. The Hall–Kier alpha value is -1.51.